The summed E-state index contributed by atoms with van der Waals surface area (Å²) in [5, 5.41) is 10.1. The Morgan fingerprint density at radius 3 is 2.70 bits per heavy atom. The highest BCUT2D eigenvalue weighted by Gasteiger charge is 2.33. The minimum absolute atomic E-state index is 0.105. The van der Waals surface area contributed by atoms with Crippen LogP contribution in [0.1, 0.15) is 24.1 Å². The molecule has 6 heteroatoms. The van der Waals surface area contributed by atoms with Gasteiger partial charge in [-0.3, -0.25) is 5.10 Å². The summed E-state index contributed by atoms with van der Waals surface area (Å²) in [5.74, 6) is 0. The van der Waals surface area contributed by atoms with E-state index in [0.29, 0.717) is 18.3 Å². The highest BCUT2D eigenvalue weighted by Crippen LogP contribution is 2.36. The zero-order valence-corrected chi connectivity index (χ0v) is 10.7. The Bertz CT molecular complexity index is 600. The molecule has 1 aromatic carbocycles. The van der Waals surface area contributed by atoms with E-state index in [0.717, 1.165) is 24.6 Å². The average Bonchev–Trinajstić information content (AvgIpc) is 3.12. The summed E-state index contributed by atoms with van der Waals surface area (Å²) >= 11 is 0. The number of hydrogen-bond donors (Lipinski definition) is 2. The maximum Gasteiger partial charge on any atom is 0.417 e. The zero-order valence-electron chi connectivity index (χ0n) is 10.7. The molecule has 0 spiro atoms. The van der Waals surface area contributed by atoms with Gasteiger partial charge in [-0.05, 0) is 25.0 Å². The topological polar surface area (TPSA) is 40.7 Å². The predicted octanol–water partition coefficient (Wildman–Crippen LogP) is 3.35. The number of aromatic nitrogens is 2. The molecule has 1 saturated carbocycles. The Hall–Kier alpha value is -1.82. The molecule has 1 fully saturated rings. The van der Waals surface area contributed by atoms with Crippen LogP contribution in [0.15, 0.2) is 30.3 Å². The second kappa shape index (κ2) is 4.94. The van der Waals surface area contributed by atoms with E-state index in [1.54, 1.807) is 12.1 Å². The molecule has 0 radical (unpaired) electrons. The van der Waals surface area contributed by atoms with Gasteiger partial charge in [0.1, 0.15) is 0 Å². The Kier molecular flexibility index (Phi) is 3.25. The Balaban J connectivity index is 1.85. The SMILES string of the molecule is FC(F)(F)c1ccccc1-c1cc(CNC2CC2)[nH]n1. The van der Waals surface area contributed by atoms with E-state index in [1.165, 1.54) is 12.1 Å². The lowest BCUT2D eigenvalue weighted by atomic mass is 10.0. The van der Waals surface area contributed by atoms with E-state index in [4.69, 9.17) is 0 Å². The molecule has 0 amide bonds. The molecule has 1 aromatic heterocycles. The van der Waals surface area contributed by atoms with Gasteiger partial charge in [-0.15, -0.1) is 0 Å². The van der Waals surface area contributed by atoms with E-state index >= 15 is 0 Å². The lowest BCUT2D eigenvalue weighted by Gasteiger charge is -2.10. The molecule has 0 unspecified atom stereocenters. The summed E-state index contributed by atoms with van der Waals surface area (Å²) in [6.45, 7) is 0.603. The van der Waals surface area contributed by atoms with E-state index in [2.05, 4.69) is 15.5 Å². The van der Waals surface area contributed by atoms with Gasteiger partial charge in [0.25, 0.3) is 0 Å². The number of nitrogens with zero attached hydrogens (tertiary/aromatic N) is 1. The first-order valence-electron chi connectivity index (χ1n) is 6.48. The molecule has 3 rings (SSSR count). The van der Waals surface area contributed by atoms with Crippen molar-refractivity contribution in [1.82, 2.24) is 15.5 Å². The van der Waals surface area contributed by atoms with Crippen molar-refractivity contribution in [2.75, 3.05) is 0 Å². The molecule has 20 heavy (non-hydrogen) atoms. The normalized spacial score (nSPS) is 15.6. The monoisotopic (exact) mass is 281 g/mol. The molecule has 0 atom stereocenters. The van der Waals surface area contributed by atoms with Crippen LogP contribution in [0, 0.1) is 0 Å². The zero-order chi connectivity index (χ0) is 14.2. The quantitative estimate of drug-likeness (QED) is 0.902. The van der Waals surface area contributed by atoms with Gasteiger partial charge < -0.3 is 5.32 Å². The van der Waals surface area contributed by atoms with Crippen LogP contribution in [0.4, 0.5) is 13.2 Å². The summed E-state index contributed by atoms with van der Waals surface area (Å²) in [6.07, 6.45) is -2.04. The number of nitrogens with one attached hydrogen (secondary N) is 2. The third kappa shape index (κ3) is 2.85. The summed E-state index contributed by atoms with van der Waals surface area (Å²) < 4.78 is 38.9. The standard InChI is InChI=1S/C14H14F3N3/c15-14(16,17)12-4-2-1-3-11(12)13-7-10(19-20-13)8-18-9-5-6-9/h1-4,7,9,18H,5-6,8H2,(H,19,20). The molecule has 3 nitrogen and oxygen atoms in total. The Labute approximate surface area is 114 Å². The third-order valence-corrected chi connectivity index (χ3v) is 3.30. The number of halogens is 3. The second-order valence-corrected chi connectivity index (χ2v) is 4.98. The minimum atomic E-state index is -4.37. The van der Waals surface area contributed by atoms with Crippen LogP contribution in [0.3, 0.4) is 0 Å². The first-order chi connectivity index (χ1) is 9.54. The van der Waals surface area contributed by atoms with Crippen molar-refractivity contribution in [1.29, 1.82) is 0 Å². The fourth-order valence-electron chi connectivity index (χ4n) is 2.09. The molecular weight excluding hydrogens is 267 g/mol. The highest BCUT2D eigenvalue weighted by molar-refractivity contribution is 5.64. The minimum Gasteiger partial charge on any atom is -0.308 e. The van der Waals surface area contributed by atoms with Crippen molar-refractivity contribution in [3.63, 3.8) is 0 Å². The fourth-order valence-corrected chi connectivity index (χ4v) is 2.09. The van der Waals surface area contributed by atoms with Crippen molar-refractivity contribution in [3.8, 4) is 11.3 Å². The van der Waals surface area contributed by atoms with Crippen molar-refractivity contribution < 1.29 is 13.2 Å². The molecule has 0 aliphatic heterocycles. The smallest absolute Gasteiger partial charge is 0.308 e. The van der Waals surface area contributed by atoms with Gasteiger partial charge in [-0.25, -0.2) is 0 Å². The van der Waals surface area contributed by atoms with Crippen LogP contribution in [0.2, 0.25) is 0 Å². The van der Waals surface area contributed by atoms with E-state index in [9.17, 15) is 13.2 Å². The van der Waals surface area contributed by atoms with E-state index in [1.807, 2.05) is 0 Å². The fraction of sp³-hybridized carbons (Fsp3) is 0.357. The number of benzene rings is 1. The lowest BCUT2D eigenvalue weighted by molar-refractivity contribution is -0.137. The van der Waals surface area contributed by atoms with Gasteiger partial charge in [0.05, 0.1) is 11.3 Å². The van der Waals surface area contributed by atoms with Gasteiger partial charge in [0.15, 0.2) is 0 Å². The average molecular weight is 281 g/mol. The summed E-state index contributed by atoms with van der Waals surface area (Å²) in [4.78, 5) is 0. The van der Waals surface area contributed by atoms with Crippen LogP contribution >= 0.6 is 0 Å². The molecule has 1 aliphatic rings. The van der Waals surface area contributed by atoms with Crippen molar-refractivity contribution in [2.24, 2.45) is 0 Å². The highest BCUT2D eigenvalue weighted by atomic mass is 19.4. The molecule has 106 valence electrons. The molecule has 0 bridgehead atoms. The maximum absolute atomic E-state index is 13.0. The Morgan fingerprint density at radius 1 is 1.25 bits per heavy atom. The molecular formula is C14H14F3N3. The summed E-state index contributed by atoms with van der Waals surface area (Å²) in [6, 6.07) is 7.70. The van der Waals surface area contributed by atoms with Crippen LogP contribution < -0.4 is 5.32 Å². The predicted molar refractivity (Wildman–Crippen MR) is 68.9 cm³/mol. The Morgan fingerprint density at radius 2 is 2.00 bits per heavy atom. The first kappa shape index (κ1) is 13.2. The summed E-state index contributed by atoms with van der Waals surface area (Å²) in [5.41, 5.74) is 0.566. The molecule has 2 N–H and O–H groups in total. The maximum atomic E-state index is 13.0. The number of aromatic amines is 1. The molecule has 0 saturated heterocycles. The molecule has 2 aromatic rings. The van der Waals surface area contributed by atoms with E-state index in [-0.39, 0.29) is 5.56 Å². The van der Waals surface area contributed by atoms with Crippen LogP contribution in [-0.4, -0.2) is 16.2 Å². The molecule has 1 aliphatic carbocycles. The van der Waals surface area contributed by atoms with E-state index < -0.39 is 11.7 Å². The van der Waals surface area contributed by atoms with Gasteiger partial charge in [-0.2, -0.15) is 18.3 Å². The number of alkyl halides is 3. The largest absolute Gasteiger partial charge is 0.417 e. The third-order valence-electron chi connectivity index (χ3n) is 3.30. The van der Waals surface area contributed by atoms with Crippen molar-refractivity contribution in [2.45, 2.75) is 31.6 Å². The first-order valence-corrected chi connectivity index (χ1v) is 6.48. The summed E-state index contributed by atoms with van der Waals surface area (Å²) in [7, 11) is 0. The van der Waals surface area contributed by atoms with Gasteiger partial charge in [-0.1, -0.05) is 18.2 Å². The molecule has 1 heterocycles. The lowest BCUT2D eigenvalue weighted by Crippen LogP contribution is -2.15. The van der Waals surface area contributed by atoms with Crippen LogP contribution in [0.25, 0.3) is 11.3 Å². The van der Waals surface area contributed by atoms with Gasteiger partial charge in [0, 0.05) is 23.8 Å². The number of rotatable bonds is 4. The van der Waals surface area contributed by atoms with Crippen molar-refractivity contribution in [3.05, 3.63) is 41.6 Å². The second-order valence-electron chi connectivity index (χ2n) is 4.98. The number of hydrogen-bond acceptors (Lipinski definition) is 2. The van der Waals surface area contributed by atoms with Gasteiger partial charge >= 0.3 is 6.18 Å². The van der Waals surface area contributed by atoms with Crippen LogP contribution in [0.5, 0.6) is 0 Å². The van der Waals surface area contributed by atoms with Crippen LogP contribution in [-0.2, 0) is 12.7 Å². The number of H-pyrrole nitrogens is 1. The van der Waals surface area contributed by atoms with Crippen molar-refractivity contribution >= 4 is 0 Å². The van der Waals surface area contributed by atoms with Gasteiger partial charge in [0.2, 0.25) is 0 Å².